The topological polar surface area (TPSA) is 96.9 Å². The standard InChI is InChI=1S/C33H40N2O5/c1-32(2,3)24-18-21(19-25(30(24)37)33(4,5)6)12-15-28(36)35-29(22-10-8-7-9-11-22)31(38)34-23-13-14-26-27(20-23)40-17-16-39-26/h7-11,13-14,18-20,29,37H,12,15-17H2,1-6H3,(H,34,38)(H,35,36)/t29-/m1/s1. The summed E-state index contributed by atoms with van der Waals surface area (Å²) in [5.41, 5.74) is 3.41. The summed E-state index contributed by atoms with van der Waals surface area (Å²) in [5.74, 6) is 0.922. The zero-order valence-corrected chi connectivity index (χ0v) is 24.3. The first-order valence-corrected chi connectivity index (χ1v) is 13.7. The number of aromatic hydroxyl groups is 1. The Hall–Kier alpha value is -4.00. The number of ether oxygens (including phenoxy) is 2. The van der Waals surface area contributed by atoms with Gasteiger partial charge >= 0.3 is 0 Å². The molecule has 0 unspecified atom stereocenters. The largest absolute Gasteiger partial charge is 0.507 e. The van der Waals surface area contributed by atoms with E-state index in [2.05, 4.69) is 52.2 Å². The van der Waals surface area contributed by atoms with Gasteiger partial charge in [0.25, 0.3) is 5.91 Å². The predicted molar refractivity (Wildman–Crippen MR) is 157 cm³/mol. The van der Waals surface area contributed by atoms with Gasteiger partial charge in [0, 0.05) is 18.2 Å². The molecule has 0 spiro atoms. The molecule has 0 radical (unpaired) electrons. The molecule has 0 saturated carbocycles. The first kappa shape index (κ1) is 29.0. The molecule has 3 N–H and O–H groups in total. The van der Waals surface area contributed by atoms with E-state index < -0.39 is 6.04 Å². The van der Waals surface area contributed by atoms with E-state index in [1.807, 2.05) is 42.5 Å². The number of amides is 2. The molecule has 1 heterocycles. The molecule has 212 valence electrons. The Kier molecular flexibility index (Phi) is 8.43. The van der Waals surface area contributed by atoms with E-state index in [0.29, 0.717) is 48.1 Å². The average Bonchev–Trinajstić information content (AvgIpc) is 2.90. The Balaban J connectivity index is 1.51. The van der Waals surface area contributed by atoms with E-state index in [1.165, 1.54) is 0 Å². The lowest BCUT2D eigenvalue weighted by atomic mass is 9.78. The molecule has 3 aromatic carbocycles. The van der Waals surface area contributed by atoms with Crippen molar-refractivity contribution >= 4 is 17.5 Å². The van der Waals surface area contributed by atoms with Crippen LogP contribution in [0.4, 0.5) is 5.69 Å². The van der Waals surface area contributed by atoms with Crippen molar-refractivity contribution in [2.75, 3.05) is 18.5 Å². The monoisotopic (exact) mass is 544 g/mol. The third kappa shape index (κ3) is 6.95. The number of anilines is 1. The fourth-order valence-electron chi connectivity index (χ4n) is 4.75. The van der Waals surface area contributed by atoms with Crippen molar-refractivity contribution < 1.29 is 24.2 Å². The highest BCUT2D eigenvalue weighted by molar-refractivity contribution is 5.98. The van der Waals surface area contributed by atoms with E-state index >= 15 is 0 Å². The summed E-state index contributed by atoms with van der Waals surface area (Å²) in [6.07, 6.45) is 0.669. The van der Waals surface area contributed by atoms with Crippen LogP contribution in [0.25, 0.3) is 0 Å². The number of fused-ring (bicyclic) bond motifs is 1. The van der Waals surface area contributed by atoms with Crippen molar-refractivity contribution in [3.05, 3.63) is 82.9 Å². The number of rotatable bonds is 7. The van der Waals surface area contributed by atoms with Gasteiger partial charge in [0.15, 0.2) is 11.5 Å². The molecule has 0 aliphatic carbocycles. The highest BCUT2D eigenvalue weighted by atomic mass is 16.6. The number of phenolic OH excluding ortho intramolecular Hbond substituents is 1. The molecule has 7 heteroatoms. The van der Waals surface area contributed by atoms with Gasteiger partial charge in [0.1, 0.15) is 25.0 Å². The summed E-state index contributed by atoms with van der Waals surface area (Å²) in [5, 5.41) is 16.9. The molecule has 0 fully saturated rings. The van der Waals surface area contributed by atoms with Gasteiger partial charge < -0.3 is 25.2 Å². The molecule has 0 aromatic heterocycles. The van der Waals surface area contributed by atoms with Crippen LogP contribution in [0.5, 0.6) is 17.2 Å². The van der Waals surface area contributed by atoms with Crippen LogP contribution in [0.3, 0.4) is 0 Å². The molecule has 4 rings (SSSR count). The van der Waals surface area contributed by atoms with Crippen molar-refractivity contribution in [2.45, 2.75) is 71.3 Å². The van der Waals surface area contributed by atoms with Gasteiger partial charge in [-0.2, -0.15) is 0 Å². The first-order valence-electron chi connectivity index (χ1n) is 13.7. The van der Waals surface area contributed by atoms with Crippen LogP contribution in [-0.4, -0.2) is 30.1 Å². The molecular formula is C33H40N2O5. The number of nitrogens with one attached hydrogen (secondary N) is 2. The van der Waals surface area contributed by atoms with E-state index in [-0.39, 0.29) is 29.1 Å². The Morgan fingerprint density at radius 1 is 0.850 bits per heavy atom. The maximum atomic E-state index is 13.4. The minimum Gasteiger partial charge on any atom is -0.507 e. The second kappa shape index (κ2) is 11.6. The van der Waals surface area contributed by atoms with Crippen LogP contribution in [0, 0.1) is 0 Å². The molecule has 1 aliphatic rings. The van der Waals surface area contributed by atoms with E-state index in [9.17, 15) is 14.7 Å². The molecule has 0 bridgehead atoms. The van der Waals surface area contributed by atoms with E-state index in [1.54, 1.807) is 18.2 Å². The van der Waals surface area contributed by atoms with Crippen molar-refractivity contribution in [1.29, 1.82) is 0 Å². The normalized spacial score (nSPS) is 13.8. The Labute approximate surface area is 236 Å². The molecule has 1 atom stereocenters. The average molecular weight is 545 g/mol. The van der Waals surface area contributed by atoms with Crippen molar-refractivity contribution in [3.63, 3.8) is 0 Å². The molecule has 7 nitrogen and oxygen atoms in total. The Bertz CT molecular complexity index is 1330. The summed E-state index contributed by atoms with van der Waals surface area (Å²) in [6.45, 7) is 13.3. The van der Waals surface area contributed by atoms with Gasteiger partial charge in [-0.15, -0.1) is 0 Å². The maximum absolute atomic E-state index is 13.4. The molecule has 0 saturated heterocycles. The Morgan fingerprint density at radius 2 is 1.45 bits per heavy atom. The molecule has 1 aliphatic heterocycles. The minimum atomic E-state index is -0.878. The quantitative estimate of drug-likeness (QED) is 0.330. The van der Waals surface area contributed by atoms with Gasteiger partial charge in [-0.1, -0.05) is 84.0 Å². The number of hydrogen-bond acceptors (Lipinski definition) is 5. The fraction of sp³-hybridized carbons (Fsp3) is 0.394. The number of hydrogen-bond donors (Lipinski definition) is 3. The fourth-order valence-corrected chi connectivity index (χ4v) is 4.75. The van der Waals surface area contributed by atoms with E-state index in [0.717, 1.165) is 16.7 Å². The highest BCUT2D eigenvalue weighted by Gasteiger charge is 2.27. The lowest BCUT2D eigenvalue weighted by Crippen LogP contribution is -2.37. The SMILES string of the molecule is CC(C)(C)c1cc(CCC(=O)N[C@@H](C(=O)Nc2ccc3c(c2)OCCO3)c2ccccc2)cc(C(C)(C)C)c1O. The summed E-state index contributed by atoms with van der Waals surface area (Å²) in [6, 6.07) is 17.5. The third-order valence-electron chi connectivity index (χ3n) is 6.94. The van der Waals surface area contributed by atoms with Gasteiger partial charge in [-0.3, -0.25) is 9.59 Å². The minimum absolute atomic E-state index is 0.193. The van der Waals surface area contributed by atoms with Crippen LogP contribution in [0.15, 0.2) is 60.7 Å². The lowest BCUT2D eigenvalue weighted by Gasteiger charge is -2.28. The number of carbonyl (C=O) groups is 2. The molecule has 40 heavy (non-hydrogen) atoms. The summed E-state index contributed by atoms with van der Waals surface area (Å²) in [7, 11) is 0. The maximum Gasteiger partial charge on any atom is 0.251 e. The highest BCUT2D eigenvalue weighted by Crippen LogP contribution is 2.40. The second-order valence-corrected chi connectivity index (χ2v) is 12.3. The van der Waals surface area contributed by atoms with Crippen molar-refractivity contribution in [3.8, 4) is 17.2 Å². The van der Waals surface area contributed by atoms with Crippen LogP contribution in [0.1, 0.15) is 76.3 Å². The number of carbonyl (C=O) groups excluding carboxylic acids is 2. The number of aryl methyl sites for hydroxylation is 1. The lowest BCUT2D eigenvalue weighted by molar-refractivity contribution is -0.126. The van der Waals surface area contributed by atoms with Gasteiger partial charge in [0.05, 0.1) is 0 Å². The second-order valence-electron chi connectivity index (χ2n) is 12.3. The zero-order valence-electron chi connectivity index (χ0n) is 24.3. The summed E-state index contributed by atoms with van der Waals surface area (Å²) < 4.78 is 11.2. The van der Waals surface area contributed by atoms with Crippen LogP contribution in [0.2, 0.25) is 0 Å². The van der Waals surface area contributed by atoms with Gasteiger partial charge in [-0.25, -0.2) is 0 Å². The first-order chi connectivity index (χ1) is 18.8. The number of phenols is 1. The predicted octanol–water partition coefficient (Wildman–Crippen LogP) is 6.19. The molecule has 2 amide bonds. The van der Waals surface area contributed by atoms with Crippen molar-refractivity contribution in [2.24, 2.45) is 0 Å². The zero-order chi connectivity index (χ0) is 29.1. The smallest absolute Gasteiger partial charge is 0.251 e. The van der Waals surface area contributed by atoms with Crippen LogP contribution in [-0.2, 0) is 26.8 Å². The third-order valence-corrected chi connectivity index (χ3v) is 6.94. The molecule has 3 aromatic rings. The number of benzene rings is 3. The Morgan fingerprint density at radius 3 is 2.05 bits per heavy atom. The van der Waals surface area contributed by atoms with Crippen molar-refractivity contribution in [1.82, 2.24) is 5.32 Å². The summed E-state index contributed by atoms with van der Waals surface area (Å²) in [4.78, 5) is 26.6. The van der Waals surface area contributed by atoms with Crippen LogP contribution < -0.4 is 20.1 Å². The van der Waals surface area contributed by atoms with Crippen LogP contribution >= 0.6 is 0 Å². The van der Waals surface area contributed by atoms with Gasteiger partial charge in [0.2, 0.25) is 5.91 Å². The summed E-state index contributed by atoms with van der Waals surface area (Å²) >= 11 is 0. The van der Waals surface area contributed by atoms with Gasteiger partial charge in [-0.05, 0) is 51.6 Å². The van der Waals surface area contributed by atoms with E-state index in [4.69, 9.17) is 9.47 Å². The molecular weight excluding hydrogens is 504 g/mol.